The average Bonchev–Trinajstić information content (AvgIpc) is 3.75. The molecule has 0 saturated heterocycles. The van der Waals surface area contributed by atoms with Gasteiger partial charge in [0.05, 0.1) is 16.6 Å². The summed E-state index contributed by atoms with van der Waals surface area (Å²) in [6.45, 7) is 8.44. The second-order valence-corrected chi connectivity index (χ2v) is 13.5. The number of hydrogen-bond acceptors (Lipinski definition) is 3. The maximum atomic E-state index is 6.68. The molecule has 0 amide bonds. The molecule has 4 aromatic heterocycles. The van der Waals surface area contributed by atoms with E-state index >= 15 is 0 Å². The van der Waals surface area contributed by atoms with Crippen molar-refractivity contribution in [3.8, 4) is 17.3 Å². The number of pyridine rings is 2. The van der Waals surface area contributed by atoms with Gasteiger partial charge in [0.15, 0.2) is 0 Å². The lowest BCUT2D eigenvalue weighted by molar-refractivity contribution is 0.484. The number of para-hydroxylation sites is 1. The van der Waals surface area contributed by atoms with E-state index in [1.165, 1.54) is 55.0 Å². The van der Waals surface area contributed by atoms with Gasteiger partial charge in [-0.2, -0.15) is 0 Å². The summed E-state index contributed by atoms with van der Waals surface area (Å²) in [5.41, 5.74) is 11.1. The van der Waals surface area contributed by atoms with Crippen molar-refractivity contribution in [2.24, 2.45) is 0 Å². The fraction of sp³-hybridized carbons (Fsp3) is 0.200. The molecule has 0 saturated carbocycles. The first kappa shape index (κ1) is 30.4. The SMILES string of the molecule is CC.CC(C)c1ccnc(-n2c3ccccc3c3ccc(Oc4ccc5c(c4)c4ncc6n4c4c(cc(C7=CCCC=C7)cc54)CC6)cc32)c1. The van der Waals surface area contributed by atoms with Crippen molar-refractivity contribution in [2.45, 2.75) is 59.3 Å². The number of fused-ring (bicyclic) bond motifs is 6. The molecule has 10 rings (SSSR count). The van der Waals surface area contributed by atoms with Crippen LogP contribution in [-0.2, 0) is 12.8 Å². The lowest BCUT2D eigenvalue weighted by Crippen LogP contribution is -2.08. The molecule has 0 N–H and O–H groups in total. The van der Waals surface area contributed by atoms with Crippen LogP contribution in [0.4, 0.5) is 0 Å². The molecule has 5 heterocycles. The highest BCUT2D eigenvalue weighted by Gasteiger charge is 2.22. The van der Waals surface area contributed by atoms with E-state index in [1.54, 1.807) is 0 Å². The lowest BCUT2D eigenvalue weighted by atomic mass is 9.91. The average molecular weight is 653 g/mol. The van der Waals surface area contributed by atoms with E-state index in [4.69, 9.17) is 14.7 Å². The van der Waals surface area contributed by atoms with Gasteiger partial charge in [0.2, 0.25) is 0 Å². The Morgan fingerprint density at radius 3 is 2.38 bits per heavy atom. The smallest absolute Gasteiger partial charge is 0.145 e. The van der Waals surface area contributed by atoms with Crippen LogP contribution in [0.15, 0.2) is 116 Å². The minimum absolute atomic E-state index is 0.412. The van der Waals surface area contributed by atoms with E-state index in [1.807, 2.05) is 20.0 Å². The Kier molecular flexibility index (Phi) is 7.31. The molecule has 0 atom stereocenters. The Morgan fingerprint density at radius 2 is 1.54 bits per heavy atom. The zero-order valence-corrected chi connectivity index (χ0v) is 29.1. The number of nitrogens with zero attached hydrogens (tertiary/aromatic N) is 4. The standard InChI is InChI=1S/C43H34N4O.C2H6/c1-26(2)28-18-19-44-41(22-28)47-39-11-7-6-10-35(39)36-17-15-33(24-40(36)47)48-32-14-16-34-37-21-30(27-8-4-3-5-9-27)20-29-12-13-31-25-45-43(38(34)23-32)46(31)42(29)37;1-2/h4,6-11,14-26H,3,5,12-13H2,1-2H3;1-2H3. The quantitative estimate of drug-likeness (QED) is 0.174. The van der Waals surface area contributed by atoms with Crippen LogP contribution in [-0.4, -0.2) is 18.9 Å². The van der Waals surface area contributed by atoms with Crippen molar-refractivity contribution in [1.29, 1.82) is 0 Å². The van der Waals surface area contributed by atoms with Gasteiger partial charge < -0.3 is 4.74 Å². The Labute approximate surface area is 292 Å². The van der Waals surface area contributed by atoms with Crippen LogP contribution in [0.5, 0.6) is 11.5 Å². The van der Waals surface area contributed by atoms with E-state index < -0.39 is 0 Å². The summed E-state index contributed by atoms with van der Waals surface area (Å²) >= 11 is 0. The number of rotatable bonds is 5. The Morgan fingerprint density at radius 1 is 0.720 bits per heavy atom. The van der Waals surface area contributed by atoms with Crippen LogP contribution >= 0.6 is 0 Å². The van der Waals surface area contributed by atoms with E-state index in [0.29, 0.717) is 5.92 Å². The summed E-state index contributed by atoms with van der Waals surface area (Å²) in [7, 11) is 0. The van der Waals surface area contributed by atoms with Gasteiger partial charge in [0, 0.05) is 45.7 Å². The van der Waals surface area contributed by atoms with Crippen LogP contribution < -0.4 is 4.74 Å². The van der Waals surface area contributed by atoms with Crippen LogP contribution in [0, 0.1) is 0 Å². The number of aromatic nitrogens is 4. The highest BCUT2D eigenvalue weighted by atomic mass is 16.5. The molecule has 0 radical (unpaired) electrons. The van der Waals surface area contributed by atoms with Crippen LogP contribution in [0.2, 0.25) is 0 Å². The molecule has 246 valence electrons. The van der Waals surface area contributed by atoms with Crippen molar-refractivity contribution in [1.82, 2.24) is 18.9 Å². The van der Waals surface area contributed by atoms with E-state index in [-0.39, 0.29) is 0 Å². The molecule has 50 heavy (non-hydrogen) atoms. The predicted molar refractivity (Wildman–Crippen MR) is 208 cm³/mol. The molecule has 0 spiro atoms. The number of ether oxygens (including phenoxy) is 1. The zero-order valence-electron chi connectivity index (χ0n) is 29.1. The van der Waals surface area contributed by atoms with Gasteiger partial charge in [-0.1, -0.05) is 64.1 Å². The number of benzene rings is 4. The molecule has 5 nitrogen and oxygen atoms in total. The summed E-state index contributed by atoms with van der Waals surface area (Å²) < 4.78 is 11.3. The first-order valence-electron chi connectivity index (χ1n) is 18.0. The first-order chi connectivity index (χ1) is 24.6. The van der Waals surface area contributed by atoms with Gasteiger partial charge in [-0.3, -0.25) is 8.97 Å². The van der Waals surface area contributed by atoms with Gasteiger partial charge in [-0.15, -0.1) is 0 Å². The predicted octanol–water partition coefficient (Wildman–Crippen LogP) is 11.9. The van der Waals surface area contributed by atoms with Crippen LogP contribution in [0.25, 0.3) is 60.5 Å². The fourth-order valence-corrected chi connectivity index (χ4v) is 7.93. The molecule has 5 heteroatoms. The molecular formula is C45H40N4O. The van der Waals surface area contributed by atoms with Gasteiger partial charge in [-0.25, -0.2) is 9.97 Å². The zero-order chi connectivity index (χ0) is 33.9. The Balaban J connectivity index is 0.00000165. The minimum Gasteiger partial charge on any atom is -0.457 e. The molecule has 1 aliphatic heterocycles. The second kappa shape index (κ2) is 12.0. The summed E-state index contributed by atoms with van der Waals surface area (Å²) in [6.07, 6.45) is 15.2. The van der Waals surface area contributed by atoms with Crippen molar-refractivity contribution >= 4 is 54.7 Å². The highest BCUT2D eigenvalue weighted by Crippen LogP contribution is 2.40. The largest absolute Gasteiger partial charge is 0.457 e. The molecular weight excluding hydrogens is 613 g/mol. The molecule has 0 fully saturated rings. The molecule has 4 aromatic carbocycles. The maximum Gasteiger partial charge on any atom is 0.145 e. The van der Waals surface area contributed by atoms with Gasteiger partial charge in [0.25, 0.3) is 0 Å². The van der Waals surface area contributed by atoms with E-state index in [2.05, 4.69) is 132 Å². The number of allylic oxidation sites excluding steroid dienone is 4. The van der Waals surface area contributed by atoms with E-state index in [0.717, 1.165) is 65.1 Å². The van der Waals surface area contributed by atoms with Crippen molar-refractivity contribution in [3.63, 3.8) is 0 Å². The summed E-state index contributed by atoms with van der Waals surface area (Å²) in [4.78, 5) is 9.79. The monoisotopic (exact) mass is 652 g/mol. The normalized spacial score (nSPS) is 13.9. The Hall–Kier alpha value is -5.68. The number of hydrogen-bond donors (Lipinski definition) is 0. The highest BCUT2D eigenvalue weighted by molar-refractivity contribution is 6.14. The van der Waals surface area contributed by atoms with Crippen molar-refractivity contribution < 1.29 is 4.74 Å². The summed E-state index contributed by atoms with van der Waals surface area (Å²) in [5.74, 6) is 2.91. The first-order valence-corrected chi connectivity index (χ1v) is 18.0. The van der Waals surface area contributed by atoms with Gasteiger partial charge >= 0.3 is 0 Å². The topological polar surface area (TPSA) is 44.3 Å². The fourth-order valence-electron chi connectivity index (χ4n) is 7.93. The van der Waals surface area contributed by atoms with Crippen molar-refractivity contribution in [3.05, 3.63) is 138 Å². The summed E-state index contributed by atoms with van der Waals surface area (Å²) in [6, 6.07) is 30.5. The van der Waals surface area contributed by atoms with Crippen LogP contribution in [0.3, 0.4) is 0 Å². The second-order valence-electron chi connectivity index (χ2n) is 13.5. The van der Waals surface area contributed by atoms with Gasteiger partial charge in [-0.05, 0) is 120 Å². The molecule has 2 aliphatic rings. The third-order valence-electron chi connectivity index (χ3n) is 10.3. The number of imidazole rings is 1. The number of aryl methyl sites for hydroxylation is 2. The maximum absolute atomic E-state index is 6.68. The van der Waals surface area contributed by atoms with Crippen molar-refractivity contribution in [2.75, 3.05) is 0 Å². The molecule has 8 aromatic rings. The molecule has 1 aliphatic carbocycles. The Bertz CT molecular complexity index is 2690. The van der Waals surface area contributed by atoms with Crippen LogP contribution in [0.1, 0.15) is 68.8 Å². The summed E-state index contributed by atoms with van der Waals surface area (Å²) in [5, 5.41) is 5.96. The molecule has 0 unspecified atom stereocenters. The third kappa shape index (κ3) is 4.75. The lowest BCUT2D eigenvalue weighted by Gasteiger charge is -2.21. The van der Waals surface area contributed by atoms with E-state index in [9.17, 15) is 0 Å². The minimum atomic E-state index is 0.412. The van der Waals surface area contributed by atoms with Gasteiger partial charge in [0.1, 0.15) is 23.0 Å². The molecule has 0 bridgehead atoms. The third-order valence-corrected chi connectivity index (χ3v) is 10.3.